The van der Waals surface area contributed by atoms with Crippen LogP contribution in [0.25, 0.3) is 0 Å². The lowest BCUT2D eigenvalue weighted by Gasteiger charge is -2.27. The molecule has 0 aromatic heterocycles. The first-order valence-electron chi connectivity index (χ1n) is 7.90. The first-order chi connectivity index (χ1) is 10.9. The standard InChI is InChI=1S/C17H29N3O2S/c1-14(2)20(17(21)18-10-11-19(3)4)12-13-22-15-6-8-16(23-5)9-7-15/h6-9,14H,10-13H2,1-5H3,(H,18,21). The first-order valence-corrected chi connectivity index (χ1v) is 9.12. The predicted octanol–water partition coefficient (Wildman–Crippen LogP) is 2.77. The molecule has 0 radical (unpaired) electrons. The van der Waals surface area contributed by atoms with Crippen molar-refractivity contribution in [1.29, 1.82) is 0 Å². The van der Waals surface area contributed by atoms with Crippen LogP contribution in [-0.2, 0) is 0 Å². The highest BCUT2D eigenvalue weighted by Gasteiger charge is 2.16. The van der Waals surface area contributed by atoms with Crippen molar-refractivity contribution in [2.45, 2.75) is 24.8 Å². The molecule has 5 nitrogen and oxygen atoms in total. The molecule has 0 bridgehead atoms. The van der Waals surface area contributed by atoms with E-state index in [1.54, 1.807) is 16.7 Å². The molecular formula is C17H29N3O2S. The Morgan fingerprint density at radius 2 is 1.87 bits per heavy atom. The fraction of sp³-hybridized carbons (Fsp3) is 0.588. The van der Waals surface area contributed by atoms with E-state index in [1.807, 2.05) is 63.4 Å². The minimum absolute atomic E-state index is 0.0387. The van der Waals surface area contributed by atoms with E-state index < -0.39 is 0 Å². The Labute approximate surface area is 144 Å². The molecule has 23 heavy (non-hydrogen) atoms. The maximum absolute atomic E-state index is 12.2. The van der Waals surface area contributed by atoms with Gasteiger partial charge in [0.25, 0.3) is 0 Å². The van der Waals surface area contributed by atoms with Crippen LogP contribution in [0.3, 0.4) is 0 Å². The molecule has 1 aromatic rings. The highest BCUT2D eigenvalue weighted by molar-refractivity contribution is 7.98. The van der Waals surface area contributed by atoms with Gasteiger partial charge in [-0.25, -0.2) is 4.79 Å². The van der Waals surface area contributed by atoms with Gasteiger partial charge in [0.15, 0.2) is 0 Å². The normalized spacial score (nSPS) is 10.9. The van der Waals surface area contributed by atoms with Crippen molar-refractivity contribution >= 4 is 17.8 Å². The summed E-state index contributed by atoms with van der Waals surface area (Å²) in [5, 5.41) is 2.95. The summed E-state index contributed by atoms with van der Waals surface area (Å²) in [5.74, 6) is 0.833. The largest absolute Gasteiger partial charge is 0.492 e. The summed E-state index contributed by atoms with van der Waals surface area (Å²) >= 11 is 1.70. The van der Waals surface area contributed by atoms with Gasteiger partial charge in [-0.3, -0.25) is 0 Å². The average molecular weight is 340 g/mol. The van der Waals surface area contributed by atoms with E-state index in [4.69, 9.17) is 4.74 Å². The number of amides is 2. The maximum atomic E-state index is 12.2. The van der Waals surface area contributed by atoms with Crippen LogP contribution in [0, 0.1) is 0 Å². The summed E-state index contributed by atoms with van der Waals surface area (Å²) < 4.78 is 5.74. The van der Waals surface area contributed by atoms with Crippen LogP contribution in [-0.4, -0.2) is 68.5 Å². The van der Waals surface area contributed by atoms with Gasteiger partial charge in [-0.2, -0.15) is 0 Å². The summed E-state index contributed by atoms with van der Waals surface area (Å²) in [6.45, 7) is 6.55. The van der Waals surface area contributed by atoms with Gasteiger partial charge in [0.2, 0.25) is 0 Å². The van der Waals surface area contributed by atoms with Crippen molar-refractivity contribution in [3.8, 4) is 5.75 Å². The summed E-state index contributed by atoms with van der Waals surface area (Å²) in [7, 11) is 3.98. The van der Waals surface area contributed by atoms with E-state index in [0.717, 1.165) is 12.3 Å². The Hall–Kier alpha value is -1.40. The second-order valence-corrected chi connectivity index (χ2v) is 6.73. The number of benzene rings is 1. The van der Waals surface area contributed by atoms with Crippen LogP contribution in [0.1, 0.15) is 13.8 Å². The van der Waals surface area contributed by atoms with Gasteiger partial charge in [-0.1, -0.05) is 0 Å². The quantitative estimate of drug-likeness (QED) is 0.703. The van der Waals surface area contributed by atoms with Gasteiger partial charge in [-0.05, 0) is 58.5 Å². The number of hydrogen-bond donors (Lipinski definition) is 1. The van der Waals surface area contributed by atoms with Gasteiger partial charge in [0, 0.05) is 24.0 Å². The fourth-order valence-electron chi connectivity index (χ4n) is 2.02. The van der Waals surface area contributed by atoms with Crippen molar-refractivity contribution in [3.05, 3.63) is 24.3 Å². The van der Waals surface area contributed by atoms with Crippen molar-refractivity contribution in [3.63, 3.8) is 0 Å². The van der Waals surface area contributed by atoms with Crippen molar-refractivity contribution < 1.29 is 9.53 Å². The minimum atomic E-state index is -0.0387. The number of likely N-dealkylation sites (N-methyl/N-ethyl adjacent to an activating group) is 1. The maximum Gasteiger partial charge on any atom is 0.317 e. The summed E-state index contributed by atoms with van der Waals surface area (Å²) in [6.07, 6.45) is 2.05. The van der Waals surface area contributed by atoms with Crippen molar-refractivity contribution in [2.75, 3.05) is 46.6 Å². The van der Waals surface area contributed by atoms with Crippen LogP contribution in [0.2, 0.25) is 0 Å². The number of hydrogen-bond acceptors (Lipinski definition) is 4. The molecule has 0 spiro atoms. The molecule has 0 saturated heterocycles. The molecule has 0 aliphatic heterocycles. The molecule has 1 rings (SSSR count). The van der Waals surface area contributed by atoms with Crippen LogP contribution in [0.15, 0.2) is 29.2 Å². The monoisotopic (exact) mass is 339 g/mol. The highest BCUT2D eigenvalue weighted by Crippen LogP contribution is 2.18. The Bertz CT molecular complexity index is 463. The van der Waals surface area contributed by atoms with E-state index in [0.29, 0.717) is 19.7 Å². The lowest BCUT2D eigenvalue weighted by atomic mass is 10.3. The van der Waals surface area contributed by atoms with Crippen LogP contribution >= 0.6 is 11.8 Å². The average Bonchev–Trinajstić information content (AvgIpc) is 2.51. The first kappa shape index (κ1) is 19.6. The molecule has 2 amide bonds. The fourth-order valence-corrected chi connectivity index (χ4v) is 2.42. The zero-order chi connectivity index (χ0) is 17.2. The molecule has 0 saturated carbocycles. The number of thioether (sulfide) groups is 1. The van der Waals surface area contributed by atoms with E-state index >= 15 is 0 Å². The van der Waals surface area contributed by atoms with Gasteiger partial charge in [-0.15, -0.1) is 11.8 Å². The second-order valence-electron chi connectivity index (χ2n) is 5.85. The number of carbonyl (C=O) groups excluding carboxylic acids is 1. The number of ether oxygens (including phenoxy) is 1. The zero-order valence-electron chi connectivity index (χ0n) is 14.8. The molecule has 0 fully saturated rings. The number of rotatable bonds is 9. The number of urea groups is 1. The number of carbonyl (C=O) groups is 1. The topological polar surface area (TPSA) is 44.8 Å². The predicted molar refractivity (Wildman–Crippen MR) is 97.5 cm³/mol. The lowest BCUT2D eigenvalue weighted by molar-refractivity contribution is 0.165. The van der Waals surface area contributed by atoms with Crippen LogP contribution < -0.4 is 10.1 Å². The Kier molecular flexibility index (Phi) is 8.87. The number of nitrogens with zero attached hydrogens (tertiary/aromatic N) is 2. The molecule has 1 aromatic carbocycles. The van der Waals surface area contributed by atoms with E-state index in [2.05, 4.69) is 5.32 Å². The summed E-state index contributed by atoms with van der Waals surface area (Å²) in [4.78, 5) is 17.3. The molecule has 6 heteroatoms. The smallest absolute Gasteiger partial charge is 0.317 e. The van der Waals surface area contributed by atoms with Crippen LogP contribution in [0.4, 0.5) is 4.79 Å². The summed E-state index contributed by atoms with van der Waals surface area (Å²) in [6, 6.07) is 8.09. The molecule has 1 N–H and O–H groups in total. The Balaban J connectivity index is 2.41. The van der Waals surface area contributed by atoms with Gasteiger partial charge in [0.05, 0.1) is 6.54 Å². The molecule has 0 unspecified atom stereocenters. The third kappa shape index (κ3) is 7.61. The van der Waals surface area contributed by atoms with E-state index in [9.17, 15) is 4.79 Å². The molecule has 0 aliphatic carbocycles. The third-order valence-electron chi connectivity index (χ3n) is 3.38. The zero-order valence-corrected chi connectivity index (χ0v) is 15.7. The van der Waals surface area contributed by atoms with Gasteiger partial charge >= 0.3 is 6.03 Å². The van der Waals surface area contributed by atoms with Gasteiger partial charge < -0.3 is 19.9 Å². The highest BCUT2D eigenvalue weighted by atomic mass is 32.2. The number of nitrogens with one attached hydrogen (secondary N) is 1. The Morgan fingerprint density at radius 3 is 2.39 bits per heavy atom. The SMILES string of the molecule is CSc1ccc(OCCN(C(=O)NCCN(C)C)C(C)C)cc1. The second kappa shape index (κ2) is 10.4. The van der Waals surface area contributed by atoms with Crippen molar-refractivity contribution in [2.24, 2.45) is 0 Å². The molecule has 0 aliphatic rings. The molecular weight excluding hydrogens is 310 g/mol. The molecule has 0 heterocycles. The minimum Gasteiger partial charge on any atom is -0.492 e. The van der Waals surface area contributed by atoms with Crippen molar-refractivity contribution in [1.82, 2.24) is 15.1 Å². The Morgan fingerprint density at radius 1 is 1.22 bits per heavy atom. The van der Waals surface area contributed by atoms with E-state index in [-0.39, 0.29) is 12.1 Å². The molecule has 130 valence electrons. The lowest BCUT2D eigenvalue weighted by Crippen LogP contribution is -2.47. The molecule has 0 atom stereocenters. The third-order valence-corrected chi connectivity index (χ3v) is 4.12. The van der Waals surface area contributed by atoms with Gasteiger partial charge in [0.1, 0.15) is 12.4 Å². The van der Waals surface area contributed by atoms with Crippen LogP contribution in [0.5, 0.6) is 5.75 Å². The van der Waals surface area contributed by atoms with E-state index in [1.165, 1.54) is 4.90 Å². The summed E-state index contributed by atoms with van der Waals surface area (Å²) in [5.41, 5.74) is 0.